The lowest BCUT2D eigenvalue weighted by molar-refractivity contribution is 0.0920. The van der Waals surface area contributed by atoms with Crippen LogP contribution >= 0.6 is 0 Å². The highest BCUT2D eigenvalue weighted by atomic mass is 16.5. The third-order valence-electron chi connectivity index (χ3n) is 5.13. The standard InChI is InChI=1S/C22H25NO/c1-2-24-16-18-5-9-20(10-6-18)22-13-11-21(12-14-22)19-7-3-17(15-23)4-8-19/h3-4,7-8,11-14,18,20H,2,5-6,9-10,16H2,1H3. The number of nitriles is 1. The van der Waals surface area contributed by atoms with E-state index in [0.717, 1.165) is 19.1 Å². The van der Waals surface area contributed by atoms with Gasteiger partial charge in [-0.05, 0) is 73.3 Å². The van der Waals surface area contributed by atoms with Crippen LogP contribution in [0.3, 0.4) is 0 Å². The summed E-state index contributed by atoms with van der Waals surface area (Å²) in [7, 11) is 0. The maximum absolute atomic E-state index is 8.89. The molecule has 24 heavy (non-hydrogen) atoms. The molecule has 0 spiro atoms. The number of rotatable bonds is 5. The molecular formula is C22H25NO. The number of benzene rings is 2. The highest BCUT2D eigenvalue weighted by Crippen LogP contribution is 2.36. The van der Waals surface area contributed by atoms with E-state index in [4.69, 9.17) is 10.00 Å². The van der Waals surface area contributed by atoms with Gasteiger partial charge < -0.3 is 4.74 Å². The maximum atomic E-state index is 8.89. The fourth-order valence-corrected chi connectivity index (χ4v) is 3.63. The monoisotopic (exact) mass is 319 g/mol. The predicted octanol–water partition coefficient (Wildman–Crippen LogP) is 5.54. The summed E-state index contributed by atoms with van der Waals surface area (Å²) in [5.41, 5.74) is 4.55. The number of ether oxygens (including phenoxy) is 1. The molecule has 0 radical (unpaired) electrons. The van der Waals surface area contributed by atoms with Crippen molar-refractivity contribution in [2.75, 3.05) is 13.2 Å². The van der Waals surface area contributed by atoms with Gasteiger partial charge in [0.05, 0.1) is 11.6 Å². The van der Waals surface area contributed by atoms with Crippen LogP contribution in [0.5, 0.6) is 0 Å². The van der Waals surface area contributed by atoms with Gasteiger partial charge in [0.1, 0.15) is 0 Å². The Labute approximate surface area is 145 Å². The molecule has 0 unspecified atom stereocenters. The van der Waals surface area contributed by atoms with E-state index in [0.29, 0.717) is 11.5 Å². The smallest absolute Gasteiger partial charge is 0.0991 e. The Morgan fingerprint density at radius 3 is 2.04 bits per heavy atom. The molecule has 0 bridgehead atoms. The summed E-state index contributed by atoms with van der Waals surface area (Å²) in [4.78, 5) is 0. The summed E-state index contributed by atoms with van der Waals surface area (Å²) in [5, 5.41) is 8.89. The van der Waals surface area contributed by atoms with E-state index in [1.165, 1.54) is 42.4 Å². The SMILES string of the molecule is CCOCC1CCC(c2ccc(-c3ccc(C#N)cc3)cc2)CC1. The first-order valence-electron chi connectivity index (χ1n) is 8.98. The third-order valence-corrected chi connectivity index (χ3v) is 5.13. The number of hydrogen-bond donors (Lipinski definition) is 0. The largest absolute Gasteiger partial charge is 0.381 e. The first-order chi connectivity index (χ1) is 11.8. The van der Waals surface area contributed by atoms with E-state index < -0.39 is 0 Å². The Morgan fingerprint density at radius 1 is 0.917 bits per heavy atom. The van der Waals surface area contributed by atoms with Crippen LogP contribution in [0, 0.1) is 17.2 Å². The molecule has 2 nitrogen and oxygen atoms in total. The van der Waals surface area contributed by atoms with E-state index in [2.05, 4.69) is 37.3 Å². The van der Waals surface area contributed by atoms with Crippen molar-refractivity contribution >= 4 is 0 Å². The highest BCUT2D eigenvalue weighted by Gasteiger charge is 2.22. The van der Waals surface area contributed by atoms with E-state index in [1.807, 2.05) is 24.3 Å². The van der Waals surface area contributed by atoms with Crippen LogP contribution in [-0.2, 0) is 4.74 Å². The van der Waals surface area contributed by atoms with Crippen LogP contribution in [-0.4, -0.2) is 13.2 Å². The van der Waals surface area contributed by atoms with Crippen molar-refractivity contribution in [3.8, 4) is 17.2 Å². The van der Waals surface area contributed by atoms with Crippen molar-refractivity contribution in [1.82, 2.24) is 0 Å². The molecule has 1 aliphatic rings. The minimum Gasteiger partial charge on any atom is -0.381 e. The van der Waals surface area contributed by atoms with Gasteiger partial charge >= 0.3 is 0 Å². The van der Waals surface area contributed by atoms with Crippen LogP contribution in [0.4, 0.5) is 0 Å². The van der Waals surface area contributed by atoms with E-state index in [1.54, 1.807) is 0 Å². The van der Waals surface area contributed by atoms with Crippen LogP contribution in [0.1, 0.15) is 49.7 Å². The van der Waals surface area contributed by atoms with E-state index in [-0.39, 0.29) is 0 Å². The van der Waals surface area contributed by atoms with Crippen molar-refractivity contribution in [3.05, 3.63) is 59.7 Å². The molecule has 2 aromatic rings. The van der Waals surface area contributed by atoms with Crippen molar-refractivity contribution in [1.29, 1.82) is 5.26 Å². The van der Waals surface area contributed by atoms with Gasteiger partial charge in [0, 0.05) is 13.2 Å². The summed E-state index contributed by atoms with van der Waals surface area (Å²) in [6, 6.07) is 18.9. The molecule has 2 aromatic carbocycles. The molecule has 0 aromatic heterocycles. The maximum Gasteiger partial charge on any atom is 0.0991 e. The lowest BCUT2D eigenvalue weighted by Crippen LogP contribution is -2.17. The van der Waals surface area contributed by atoms with Crippen molar-refractivity contribution < 1.29 is 4.74 Å². The van der Waals surface area contributed by atoms with Gasteiger partial charge in [-0.3, -0.25) is 0 Å². The first kappa shape index (κ1) is 16.7. The normalized spacial score (nSPS) is 20.5. The molecule has 1 aliphatic carbocycles. The molecule has 0 N–H and O–H groups in total. The molecule has 0 amide bonds. The van der Waals surface area contributed by atoms with Crippen molar-refractivity contribution in [2.24, 2.45) is 5.92 Å². The average molecular weight is 319 g/mol. The molecule has 3 rings (SSSR count). The summed E-state index contributed by atoms with van der Waals surface area (Å²) >= 11 is 0. The first-order valence-corrected chi connectivity index (χ1v) is 8.98. The van der Waals surface area contributed by atoms with Gasteiger partial charge in [-0.2, -0.15) is 5.26 Å². The van der Waals surface area contributed by atoms with Crippen molar-refractivity contribution in [2.45, 2.75) is 38.5 Å². The zero-order valence-electron chi connectivity index (χ0n) is 14.4. The molecule has 0 saturated heterocycles. The minimum atomic E-state index is 0.692. The van der Waals surface area contributed by atoms with E-state index >= 15 is 0 Å². The molecule has 0 atom stereocenters. The second kappa shape index (κ2) is 8.13. The Balaban J connectivity index is 1.61. The van der Waals surface area contributed by atoms with Crippen LogP contribution < -0.4 is 0 Å². The highest BCUT2D eigenvalue weighted by molar-refractivity contribution is 5.64. The fourth-order valence-electron chi connectivity index (χ4n) is 3.63. The van der Waals surface area contributed by atoms with Crippen LogP contribution in [0.2, 0.25) is 0 Å². The Morgan fingerprint density at radius 2 is 1.50 bits per heavy atom. The minimum absolute atomic E-state index is 0.692. The average Bonchev–Trinajstić information content (AvgIpc) is 2.67. The van der Waals surface area contributed by atoms with Crippen LogP contribution in [0.15, 0.2) is 48.5 Å². The zero-order valence-corrected chi connectivity index (χ0v) is 14.4. The third kappa shape index (κ3) is 4.04. The quantitative estimate of drug-likeness (QED) is 0.725. The predicted molar refractivity (Wildman–Crippen MR) is 97.8 cm³/mol. The Hall–Kier alpha value is -2.11. The van der Waals surface area contributed by atoms with Crippen LogP contribution in [0.25, 0.3) is 11.1 Å². The summed E-state index contributed by atoms with van der Waals surface area (Å²) in [5.74, 6) is 1.44. The number of nitrogens with zero attached hydrogens (tertiary/aromatic N) is 1. The Kier molecular flexibility index (Phi) is 5.67. The molecule has 2 heteroatoms. The molecule has 0 aliphatic heterocycles. The van der Waals surface area contributed by atoms with E-state index in [9.17, 15) is 0 Å². The van der Waals surface area contributed by atoms with Gasteiger partial charge in [0.2, 0.25) is 0 Å². The summed E-state index contributed by atoms with van der Waals surface area (Å²) in [6.07, 6.45) is 5.10. The molecule has 1 fully saturated rings. The second-order valence-corrected chi connectivity index (χ2v) is 6.69. The summed E-state index contributed by atoms with van der Waals surface area (Å²) < 4.78 is 5.58. The second-order valence-electron chi connectivity index (χ2n) is 6.69. The fraction of sp³-hybridized carbons (Fsp3) is 0.409. The molecule has 124 valence electrons. The van der Waals surface area contributed by atoms with Gasteiger partial charge in [-0.15, -0.1) is 0 Å². The Bertz CT molecular complexity index is 673. The van der Waals surface area contributed by atoms with Crippen molar-refractivity contribution in [3.63, 3.8) is 0 Å². The molecule has 1 saturated carbocycles. The van der Waals surface area contributed by atoms with Gasteiger partial charge in [0.25, 0.3) is 0 Å². The topological polar surface area (TPSA) is 33.0 Å². The van der Waals surface area contributed by atoms with Gasteiger partial charge in [0.15, 0.2) is 0 Å². The number of hydrogen-bond acceptors (Lipinski definition) is 2. The lowest BCUT2D eigenvalue weighted by Gasteiger charge is -2.28. The van der Waals surface area contributed by atoms with Gasteiger partial charge in [-0.1, -0.05) is 36.4 Å². The summed E-state index contributed by atoms with van der Waals surface area (Å²) in [6.45, 7) is 3.83. The zero-order chi connectivity index (χ0) is 16.8. The lowest BCUT2D eigenvalue weighted by atomic mass is 9.79. The van der Waals surface area contributed by atoms with Gasteiger partial charge in [-0.25, -0.2) is 0 Å². The molecule has 0 heterocycles. The molecular weight excluding hydrogens is 294 g/mol.